The summed E-state index contributed by atoms with van der Waals surface area (Å²) in [6.45, 7) is 1.32. The number of aryl methyl sites for hydroxylation is 1. The Hall–Kier alpha value is -3.17. The quantitative estimate of drug-likeness (QED) is 0.317. The Kier molecular flexibility index (Phi) is 6.63. The molecule has 4 aromatic rings. The van der Waals surface area contributed by atoms with Crippen molar-refractivity contribution in [1.82, 2.24) is 29.9 Å². The highest BCUT2D eigenvalue weighted by molar-refractivity contribution is 7.99. The molecule has 0 atom stereocenters. The van der Waals surface area contributed by atoms with E-state index in [0.29, 0.717) is 23.6 Å². The minimum absolute atomic E-state index is 0.364. The van der Waals surface area contributed by atoms with E-state index >= 15 is 0 Å². The molecule has 2 aromatic carbocycles. The van der Waals surface area contributed by atoms with Crippen LogP contribution >= 0.6 is 11.8 Å². The number of hydrogen-bond donors (Lipinski definition) is 1. The van der Waals surface area contributed by atoms with E-state index in [1.165, 1.54) is 13.2 Å². The zero-order chi connectivity index (χ0) is 21.6. The standard InChI is InChI=1S/C22H23FN6OS/c1-28-15-25-26-22(28)31-11-10-24-13-16-14-29(17-6-4-3-5-7-17)27-21(16)19-9-8-18(30-2)12-20(19)23/h3-9,12,14-15,24H,10-11,13H2,1-2H3. The lowest BCUT2D eigenvalue weighted by Gasteiger charge is -2.07. The first kappa shape index (κ1) is 21.1. The molecule has 0 unspecified atom stereocenters. The normalized spacial score (nSPS) is 11.1. The highest BCUT2D eigenvalue weighted by Crippen LogP contribution is 2.29. The molecule has 0 bridgehead atoms. The van der Waals surface area contributed by atoms with Crippen LogP contribution < -0.4 is 10.1 Å². The van der Waals surface area contributed by atoms with Crippen LogP contribution in [-0.4, -0.2) is 44.0 Å². The van der Waals surface area contributed by atoms with E-state index in [1.54, 1.807) is 34.9 Å². The zero-order valence-electron chi connectivity index (χ0n) is 17.3. The van der Waals surface area contributed by atoms with Crippen LogP contribution in [0.2, 0.25) is 0 Å². The fourth-order valence-electron chi connectivity index (χ4n) is 3.13. The Morgan fingerprint density at radius 2 is 2.00 bits per heavy atom. The largest absolute Gasteiger partial charge is 0.497 e. The molecule has 0 amide bonds. The number of methoxy groups -OCH3 is 1. The fourth-order valence-corrected chi connectivity index (χ4v) is 3.92. The second-order valence-electron chi connectivity index (χ2n) is 6.88. The van der Waals surface area contributed by atoms with Crippen molar-refractivity contribution in [1.29, 1.82) is 0 Å². The maximum absolute atomic E-state index is 14.8. The Labute approximate surface area is 184 Å². The molecule has 0 spiro atoms. The van der Waals surface area contributed by atoms with Crippen LogP contribution in [0.3, 0.4) is 0 Å². The van der Waals surface area contributed by atoms with Gasteiger partial charge >= 0.3 is 0 Å². The van der Waals surface area contributed by atoms with Gasteiger partial charge in [-0.1, -0.05) is 30.0 Å². The third-order valence-corrected chi connectivity index (χ3v) is 5.77. The lowest BCUT2D eigenvalue weighted by molar-refractivity contribution is 0.411. The van der Waals surface area contributed by atoms with Crippen molar-refractivity contribution >= 4 is 11.8 Å². The van der Waals surface area contributed by atoms with Crippen LogP contribution in [0.4, 0.5) is 4.39 Å². The summed E-state index contributed by atoms with van der Waals surface area (Å²) in [6.07, 6.45) is 3.63. The van der Waals surface area contributed by atoms with E-state index in [-0.39, 0.29) is 5.82 Å². The van der Waals surface area contributed by atoms with Crippen LogP contribution in [0.25, 0.3) is 16.9 Å². The summed E-state index contributed by atoms with van der Waals surface area (Å²) in [6, 6.07) is 14.6. The molecular formula is C22H23FN6OS. The van der Waals surface area contributed by atoms with Crippen LogP contribution in [0.1, 0.15) is 5.56 Å². The molecule has 0 radical (unpaired) electrons. The first-order valence-electron chi connectivity index (χ1n) is 9.81. The van der Waals surface area contributed by atoms with Gasteiger partial charge in [-0.3, -0.25) is 0 Å². The number of aromatic nitrogens is 5. The van der Waals surface area contributed by atoms with Gasteiger partial charge in [0.25, 0.3) is 0 Å². The van der Waals surface area contributed by atoms with Gasteiger partial charge in [-0.05, 0) is 24.3 Å². The van der Waals surface area contributed by atoms with E-state index in [1.807, 2.05) is 48.1 Å². The topological polar surface area (TPSA) is 69.8 Å². The van der Waals surface area contributed by atoms with Gasteiger partial charge in [-0.15, -0.1) is 10.2 Å². The Bertz CT molecular complexity index is 1140. The average Bonchev–Trinajstić information content (AvgIpc) is 3.40. The summed E-state index contributed by atoms with van der Waals surface area (Å²) in [7, 11) is 3.44. The number of halogens is 1. The van der Waals surface area contributed by atoms with Gasteiger partial charge in [0.05, 0.1) is 12.8 Å². The van der Waals surface area contributed by atoms with Gasteiger partial charge in [0, 0.05) is 49.3 Å². The van der Waals surface area contributed by atoms with Crippen molar-refractivity contribution in [2.45, 2.75) is 11.7 Å². The average molecular weight is 439 g/mol. The van der Waals surface area contributed by atoms with Crippen molar-refractivity contribution in [2.24, 2.45) is 7.05 Å². The van der Waals surface area contributed by atoms with Crippen molar-refractivity contribution in [3.05, 3.63) is 72.4 Å². The molecule has 9 heteroatoms. The SMILES string of the molecule is COc1ccc(-c2nn(-c3ccccc3)cc2CNCCSc2nncn2C)c(F)c1. The number of ether oxygens (including phenoxy) is 1. The van der Waals surface area contributed by atoms with Crippen molar-refractivity contribution in [3.63, 3.8) is 0 Å². The summed E-state index contributed by atoms with van der Waals surface area (Å²) in [5, 5.41) is 16.9. The summed E-state index contributed by atoms with van der Waals surface area (Å²) in [4.78, 5) is 0. The first-order chi connectivity index (χ1) is 15.2. The van der Waals surface area contributed by atoms with Gasteiger partial charge in [0.1, 0.15) is 23.6 Å². The van der Waals surface area contributed by atoms with Gasteiger partial charge in [-0.2, -0.15) is 5.10 Å². The summed E-state index contributed by atoms with van der Waals surface area (Å²) >= 11 is 1.63. The Morgan fingerprint density at radius 3 is 2.71 bits per heavy atom. The minimum atomic E-state index is -0.364. The second kappa shape index (κ2) is 9.76. The minimum Gasteiger partial charge on any atom is -0.497 e. The summed E-state index contributed by atoms with van der Waals surface area (Å²) in [5.41, 5.74) is 2.89. The number of benzene rings is 2. The third kappa shape index (κ3) is 4.95. The predicted octanol–water partition coefficient (Wildman–Crippen LogP) is 3.70. The van der Waals surface area contributed by atoms with E-state index in [9.17, 15) is 4.39 Å². The molecule has 0 aliphatic heterocycles. The van der Waals surface area contributed by atoms with E-state index < -0.39 is 0 Å². The molecule has 0 saturated heterocycles. The molecule has 0 fully saturated rings. The summed E-state index contributed by atoms with van der Waals surface area (Å²) in [5.74, 6) is 0.951. The number of hydrogen-bond acceptors (Lipinski definition) is 6. The van der Waals surface area contributed by atoms with Crippen LogP contribution in [0.5, 0.6) is 5.75 Å². The van der Waals surface area contributed by atoms with Crippen molar-refractivity contribution in [2.75, 3.05) is 19.4 Å². The monoisotopic (exact) mass is 438 g/mol. The van der Waals surface area contributed by atoms with Crippen LogP contribution in [-0.2, 0) is 13.6 Å². The van der Waals surface area contributed by atoms with Crippen LogP contribution in [0, 0.1) is 5.82 Å². The first-order valence-corrected chi connectivity index (χ1v) is 10.8. The molecule has 160 valence electrons. The van der Waals surface area contributed by atoms with Crippen molar-refractivity contribution < 1.29 is 9.13 Å². The Balaban J connectivity index is 1.52. The maximum Gasteiger partial charge on any atom is 0.190 e. The summed E-state index contributed by atoms with van der Waals surface area (Å²) < 4.78 is 23.6. The smallest absolute Gasteiger partial charge is 0.190 e. The van der Waals surface area contributed by atoms with Crippen molar-refractivity contribution in [3.8, 4) is 22.7 Å². The highest BCUT2D eigenvalue weighted by Gasteiger charge is 2.16. The second-order valence-corrected chi connectivity index (χ2v) is 7.94. The van der Waals surface area contributed by atoms with Gasteiger partial charge in [0.2, 0.25) is 0 Å². The van der Waals surface area contributed by atoms with E-state index in [4.69, 9.17) is 4.74 Å². The lowest BCUT2D eigenvalue weighted by Crippen LogP contribution is -2.17. The molecule has 4 rings (SSSR count). The number of nitrogens with zero attached hydrogens (tertiary/aromatic N) is 5. The molecule has 0 aliphatic rings. The molecular weight excluding hydrogens is 415 g/mol. The molecule has 0 saturated carbocycles. The van der Waals surface area contributed by atoms with E-state index in [0.717, 1.165) is 28.7 Å². The molecule has 0 aliphatic carbocycles. The lowest BCUT2D eigenvalue weighted by atomic mass is 10.1. The number of thioether (sulfide) groups is 1. The number of para-hydroxylation sites is 1. The number of rotatable bonds is 9. The van der Waals surface area contributed by atoms with Crippen LogP contribution in [0.15, 0.2) is 66.2 Å². The highest BCUT2D eigenvalue weighted by atomic mass is 32.2. The fraction of sp³-hybridized carbons (Fsp3) is 0.227. The Morgan fingerprint density at radius 1 is 1.16 bits per heavy atom. The van der Waals surface area contributed by atoms with Gasteiger partial charge in [0.15, 0.2) is 5.16 Å². The third-order valence-electron chi connectivity index (χ3n) is 4.74. The predicted molar refractivity (Wildman–Crippen MR) is 119 cm³/mol. The molecule has 2 heterocycles. The molecule has 2 aromatic heterocycles. The van der Waals surface area contributed by atoms with E-state index in [2.05, 4.69) is 20.6 Å². The maximum atomic E-state index is 14.8. The zero-order valence-corrected chi connectivity index (χ0v) is 18.1. The van der Waals surface area contributed by atoms with Gasteiger partial charge < -0.3 is 14.6 Å². The molecule has 7 nitrogen and oxygen atoms in total. The molecule has 1 N–H and O–H groups in total. The number of nitrogens with one attached hydrogen (secondary N) is 1. The molecule has 31 heavy (non-hydrogen) atoms. The van der Waals surface area contributed by atoms with Gasteiger partial charge in [-0.25, -0.2) is 9.07 Å².